The van der Waals surface area contributed by atoms with E-state index in [9.17, 15) is 4.79 Å². The van der Waals surface area contributed by atoms with Crippen LogP contribution in [0.2, 0.25) is 0 Å². The van der Waals surface area contributed by atoms with Gasteiger partial charge in [-0.2, -0.15) is 5.26 Å². The van der Waals surface area contributed by atoms with Gasteiger partial charge in [0.15, 0.2) is 0 Å². The Hall–Kier alpha value is -2.09. The maximum absolute atomic E-state index is 11.6. The summed E-state index contributed by atoms with van der Waals surface area (Å²) in [4.78, 5) is 18.8. The van der Waals surface area contributed by atoms with Crippen LogP contribution in [-0.2, 0) is 4.79 Å². The lowest BCUT2D eigenvalue weighted by atomic mass is 10.2. The normalized spacial score (nSPS) is 11.1. The molecule has 0 aliphatic heterocycles. The largest absolute Gasteiger partial charge is 0.351 e. The van der Waals surface area contributed by atoms with Crippen molar-refractivity contribution in [1.29, 1.82) is 5.26 Å². The van der Waals surface area contributed by atoms with E-state index in [1.807, 2.05) is 26.8 Å². The predicted molar refractivity (Wildman–Crippen MR) is 65.0 cm³/mol. The summed E-state index contributed by atoms with van der Waals surface area (Å²) in [5, 5.41) is 11.6. The molecular formula is C12H16N4O. The van der Waals surface area contributed by atoms with E-state index in [1.165, 1.54) is 6.08 Å². The number of nitrogens with zero attached hydrogens (tertiary/aromatic N) is 2. The van der Waals surface area contributed by atoms with Crippen LogP contribution in [0.25, 0.3) is 6.08 Å². The second-order valence-electron chi connectivity index (χ2n) is 3.76. The van der Waals surface area contributed by atoms with E-state index in [0.717, 1.165) is 17.8 Å². The first-order valence-corrected chi connectivity index (χ1v) is 5.51. The molecule has 1 rings (SSSR count). The van der Waals surface area contributed by atoms with Crippen molar-refractivity contribution in [3.63, 3.8) is 0 Å². The Morgan fingerprint density at radius 3 is 2.76 bits per heavy atom. The van der Waals surface area contributed by atoms with Crippen molar-refractivity contribution in [2.24, 2.45) is 0 Å². The molecule has 0 spiro atoms. The predicted octanol–water partition coefficient (Wildman–Crippen LogP) is 1.46. The Bertz CT molecular complexity index is 460. The van der Waals surface area contributed by atoms with Crippen molar-refractivity contribution in [3.8, 4) is 6.07 Å². The number of rotatable bonds is 4. The number of carbonyl (C=O) groups is 1. The molecule has 0 bridgehead atoms. The fourth-order valence-electron chi connectivity index (χ4n) is 1.26. The van der Waals surface area contributed by atoms with Gasteiger partial charge in [-0.05, 0) is 20.3 Å². The summed E-state index contributed by atoms with van der Waals surface area (Å²) in [7, 11) is 0. The molecule has 1 amide bonds. The minimum atomic E-state index is -0.360. The molecule has 0 saturated carbocycles. The highest BCUT2D eigenvalue weighted by atomic mass is 16.1. The molecule has 0 atom stereocenters. The number of nitrogens with one attached hydrogen (secondary N) is 2. The molecule has 0 radical (unpaired) electrons. The van der Waals surface area contributed by atoms with Crippen molar-refractivity contribution in [1.82, 2.24) is 15.3 Å². The zero-order valence-electron chi connectivity index (χ0n) is 10.3. The molecule has 1 heterocycles. The third-order valence-corrected chi connectivity index (χ3v) is 2.33. The number of nitriles is 1. The molecule has 5 nitrogen and oxygen atoms in total. The molecule has 2 N–H and O–H groups in total. The molecular weight excluding hydrogens is 216 g/mol. The van der Waals surface area contributed by atoms with Crippen LogP contribution in [0.15, 0.2) is 5.57 Å². The summed E-state index contributed by atoms with van der Waals surface area (Å²) in [5.74, 6) is 0.171. The lowest BCUT2D eigenvalue weighted by molar-refractivity contribution is -0.117. The molecule has 90 valence electrons. The summed E-state index contributed by atoms with van der Waals surface area (Å²) in [6.07, 6.45) is 2.30. The Labute approximate surface area is 101 Å². The number of aromatic amines is 1. The first-order valence-electron chi connectivity index (χ1n) is 5.51. The summed E-state index contributed by atoms with van der Waals surface area (Å²) in [5.41, 5.74) is 1.86. The molecule has 0 fully saturated rings. The van der Waals surface area contributed by atoms with Crippen molar-refractivity contribution >= 4 is 12.0 Å². The average Bonchev–Trinajstić information content (AvgIpc) is 2.62. The maximum atomic E-state index is 11.6. The van der Waals surface area contributed by atoms with Crippen LogP contribution in [0.1, 0.15) is 30.6 Å². The molecule has 0 aliphatic rings. The standard InChI is InChI=1S/C12H16N4O/c1-4-5-14-12(17)10(7-13)6-11-15-8(2)9(3)16-11/h6H,4-5H2,1-3H3,(H,14,17)(H,15,16)/b10-6-. The van der Waals surface area contributed by atoms with Gasteiger partial charge in [0.1, 0.15) is 17.5 Å². The molecule has 17 heavy (non-hydrogen) atoms. The molecule has 1 aromatic heterocycles. The lowest BCUT2D eigenvalue weighted by Gasteiger charge is -2.00. The first-order chi connectivity index (χ1) is 8.08. The van der Waals surface area contributed by atoms with Gasteiger partial charge in [0.05, 0.1) is 5.69 Å². The smallest absolute Gasteiger partial charge is 0.262 e. The fourth-order valence-corrected chi connectivity index (χ4v) is 1.26. The third-order valence-electron chi connectivity index (χ3n) is 2.33. The average molecular weight is 232 g/mol. The molecule has 0 aromatic carbocycles. The van der Waals surface area contributed by atoms with Crippen LogP contribution in [0.3, 0.4) is 0 Å². The number of hydrogen-bond donors (Lipinski definition) is 2. The SMILES string of the molecule is CCCNC(=O)/C(C#N)=C\c1nc(C)c(C)[nH]1. The zero-order chi connectivity index (χ0) is 12.8. The van der Waals surface area contributed by atoms with Crippen LogP contribution < -0.4 is 5.32 Å². The first kappa shape index (κ1) is 13.0. The Kier molecular flexibility index (Phi) is 4.46. The summed E-state index contributed by atoms with van der Waals surface area (Å²) in [6, 6.07) is 1.88. The van der Waals surface area contributed by atoms with Gasteiger partial charge in [0.25, 0.3) is 5.91 Å². The number of aryl methyl sites for hydroxylation is 2. The van der Waals surface area contributed by atoms with Gasteiger partial charge in [0.2, 0.25) is 0 Å². The van der Waals surface area contributed by atoms with Crippen molar-refractivity contribution < 1.29 is 4.79 Å². The Morgan fingerprint density at radius 1 is 1.59 bits per heavy atom. The van der Waals surface area contributed by atoms with E-state index in [2.05, 4.69) is 15.3 Å². The van der Waals surface area contributed by atoms with Crippen molar-refractivity contribution in [2.75, 3.05) is 6.54 Å². The molecule has 0 aliphatic carbocycles. The highest BCUT2D eigenvalue weighted by molar-refractivity contribution is 6.01. The minimum Gasteiger partial charge on any atom is -0.351 e. The van der Waals surface area contributed by atoms with Gasteiger partial charge >= 0.3 is 0 Å². The molecule has 0 saturated heterocycles. The van der Waals surface area contributed by atoms with Crippen LogP contribution in [0.4, 0.5) is 0 Å². The summed E-state index contributed by atoms with van der Waals surface area (Å²) >= 11 is 0. The topological polar surface area (TPSA) is 81.6 Å². The van der Waals surface area contributed by atoms with Crippen LogP contribution >= 0.6 is 0 Å². The number of hydrogen-bond acceptors (Lipinski definition) is 3. The molecule has 5 heteroatoms. The van der Waals surface area contributed by atoms with E-state index in [-0.39, 0.29) is 11.5 Å². The summed E-state index contributed by atoms with van der Waals surface area (Å²) < 4.78 is 0. The monoisotopic (exact) mass is 232 g/mol. The number of H-pyrrole nitrogens is 1. The number of imidazole rings is 1. The van der Waals surface area contributed by atoms with E-state index < -0.39 is 0 Å². The summed E-state index contributed by atoms with van der Waals surface area (Å²) in [6.45, 7) is 6.28. The van der Waals surface area contributed by atoms with Gasteiger partial charge in [-0.1, -0.05) is 6.92 Å². The van der Waals surface area contributed by atoms with Crippen molar-refractivity contribution in [3.05, 3.63) is 22.8 Å². The number of amides is 1. The van der Waals surface area contributed by atoms with Gasteiger partial charge in [-0.15, -0.1) is 0 Å². The maximum Gasteiger partial charge on any atom is 0.262 e. The van der Waals surface area contributed by atoms with Gasteiger partial charge in [-0.3, -0.25) is 4.79 Å². The second-order valence-corrected chi connectivity index (χ2v) is 3.76. The van der Waals surface area contributed by atoms with Crippen LogP contribution in [0.5, 0.6) is 0 Å². The second kappa shape index (κ2) is 5.85. The Morgan fingerprint density at radius 2 is 2.29 bits per heavy atom. The van der Waals surface area contributed by atoms with Gasteiger partial charge in [-0.25, -0.2) is 4.98 Å². The zero-order valence-corrected chi connectivity index (χ0v) is 10.3. The van der Waals surface area contributed by atoms with Crippen LogP contribution in [-0.4, -0.2) is 22.4 Å². The minimum absolute atomic E-state index is 0.0622. The molecule has 0 unspecified atom stereocenters. The fraction of sp³-hybridized carbons (Fsp3) is 0.417. The van der Waals surface area contributed by atoms with E-state index in [4.69, 9.17) is 5.26 Å². The quantitative estimate of drug-likeness (QED) is 0.609. The third kappa shape index (κ3) is 3.45. The highest BCUT2D eigenvalue weighted by Crippen LogP contribution is 2.07. The number of carbonyl (C=O) groups excluding carboxylic acids is 1. The van der Waals surface area contributed by atoms with E-state index in [1.54, 1.807) is 0 Å². The lowest BCUT2D eigenvalue weighted by Crippen LogP contribution is -2.25. The van der Waals surface area contributed by atoms with Crippen molar-refractivity contribution in [2.45, 2.75) is 27.2 Å². The molecule has 1 aromatic rings. The van der Waals surface area contributed by atoms with E-state index in [0.29, 0.717) is 12.4 Å². The Balaban J connectivity index is 2.87. The highest BCUT2D eigenvalue weighted by Gasteiger charge is 2.09. The van der Waals surface area contributed by atoms with Gasteiger partial charge in [0, 0.05) is 18.3 Å². The number of aromatic nitrogens is 2. The van der Waals surface area contributed by atoms with Gasteiger partial charge < -0.3 is 10.3 Å². The van der Waals surface area contributed by atoms with Crippen LogP contribution in [0, 0.1) is 25.2 Å². The van der Waals surface area contributed by atoms with E-state index >= 15 is 0 Å².